The van der Waals surface area contributed by atoms with Crippen LogP contribution in [0.4, 0.5) is 10.1 Å². The number of para-hydroxylation sites is 1. The van der Waals surface area contributed by atoms with Crippen molar-refractivity contribution in [2.75, 3.05) is 5.32 Å². The van der Waals surface area contributed by atoms with Crippen molar-refractivity contribution in [3.05, 3.63) is 70.0 Å². The van der Waals surface area contributed by atoms with Gasteiger partial charge in [0.2, 0.25) is 0 Å². The highest BCUT2D eigenvalue weighted by atomic mass is 19.1. The van der Waals surface area contributed by atoms with Gasteiger partial charge in [0.1, 0.15) is 17.5 Å². The number of nitrogens with one attached hydrogen (secondary N) is 1. The number of hydrogen-bond donors (Lipinski definition) is 1. The van der Waals surface area contributed by atoms with Crippen LogP contribution in [0.25, 0.3) is 6.08 Å². The number of halogens is 1. The van der Waals surface area contributed by atoms with Gasteiger partial charge in [0.05, 0.1) is 5.69 Å². The van der Waals surface area contributed by atoms with E-state index in [1.54, 1.807) is 12.1 Å². The second kappa shape index (κ2) is 6.89. The lowest BCUT2D eigenvalue weighted by Gasteiger charge is -2.09. The van der Waals surface area contributed by atoms with Crippen LogP contribution in [0.5, 0.6) is 0 Å². The van der Waals surface area contributed by atoms with Crippen molar-refractivity contribution < 1.29 is 9.18 Å². The molecule has 0 saturated heterocycles. The number of carbonyl (C=O) groups is 1. The van der Waals surface area contributed by atoms with Crippen molar-refractivity contribution >= 4 is 17.7 Å². The third-order valence-electron chi connectivity index (χ3n) is 3.51. The number of rotatable bonds is 3. The van der Waals surface area contributed by atoms with E-state index in [1.165, 1.54) is 18.2 Å². The van der Waals surface area contributed by atoms with E-state index in [2.05, 4.69) is 5.32 Å². The van der Waals surface area contributed by atoms with E-state index in [0.29, 0.717) is 0 Å². The Bertz CT molecular complexity index is 808. The third-order valence-corrected chi connectivity index (χ3v) is 3.51. The lowest BCUT2D eigenvalue weighted by molar-refractivity contribution is -0.112. The highest BCUT2D eigenvalue weighted by molar-refractivity contribution is 6.09. The molecule has 0 heterocycles. The van der Waals surface area contributed by atoms with Crippen LogP contribution in [-0.2, 0) is 4.79 Å². The summed E-state index contributed by atoms with van der Waals surface area (Å²) >= 11 is 0. The van der Waals surface area contributed by atoms with Gasteiger partial charge in [-0.2, -0.15) is 5.26 Å². The van der Waals surface area contributed by atoms with E-state index >= 15 is 0 Å². The topological polar surface area (TPSA) is 52.9 Å². The maximum atomic E-state index is 13.6. The van der Waals surface area contributed by atoms with Crippen LogP contribution in [0.15, 0.2) is 42.0 Å². The molecule has 3 nitrogen and oxygen atoms in total. The molecule has 0 spiro atoms. The molecule has 0 radical (unpaired) electrons. The molecule has 2 aromatic rings. The fourth-order valence-corrected chi connectivity index (χ4v) is 2.46. The Kier molecular flexibility index (Phi) is 4.92. The molecule has 2 aromatic carbocycles. The molecule has 0 bridgehead atoms. The van der Waals surface area contributed by atoms with E-state index in [9.17, 15) is 14.4 Å². The zero-order valence-corrected chi connectivity index (χ0v) is 13.3. The average molecular weight is 308 g/mol. The maximum Gasteiger partial charge on any atom is 0.266 e. The van der Waals surface area contributed by atoms with Crippen LogP contribution in [-0.4, -0.2) is 5.91 Å². The standard InChI is InChI=1S/C19H17FN2O/c1-12-8-13(2)16(14(3)9-12)10-15(11-21)19(23)22-18-7-5-4-6-17(18)20/h4-10H,1-3H3,(H,22,23)/b15-10-. The molecular weight excluding hydrogens is 291 g/mol. The molecule has 116 valence electrons. The van der Waals surface area contributed by atoms with Crippen LogP contribution in [0, 0.1) is 37.9 Å². The summed E-state index contributed by atoms with van der Waals surface area (Å²) in [5.41, 5.74) is 3.89. The van der Waals surface area contributed by atoms with Crippen LogP contribution in [0.3, 0.4) is 0 Å². The van der Waals surface area contributed by atoms with Gasteiger partial charge in [0, 0.05) is 0 Å². The van der Waals surface area contributed by atoms with E-state index < -0.39 is 11.7 Å². The van der Waals surface area contributed by atoms with E-state index in [1.807, 2.05) is 39.0 Å². The van der Waals surface area contributed by atoms with Crippen molar-refractivity contribution in [1.82, 2.24) is 0 Å². The predicted molar refractivity (Wildman–Crippen MR) is 89.3 cm³/mol. The molecule has 2 rings (SSSR count). The Morgan fingerprint density at radius 3 is 2.35 bits per heavy atom. The van der Waals surface area contributed by atoms with Gasteiger partial charge in [-0.05, 0) is 55.7 Å². The smallest absolute Gasteiger partial charge is 0.266 e. The average Bonchev–Trinajstić information content (AvgIpc) is 2.48. The maximum absolute atomic E-state index is 13.6. The molecule has 0 saturated carbocycles. The van der Waals surface area contributed by atoms with Crippen molar-refractivity contribution in [3.63, 3.8) is 0 Å². The summed E-state index contributed by atoms with van der Waals surface area (Å²) in [6.45, 7) is 5.84. The zero-order chi connectivity index (χ0) is 17.0. The van der Waals surface area contributed by atoms with Crippen molar-refractivity contribution in [1.29, 1.82) is 5.26 Å². The minimum Gasteiger partial charge on any atom is -0.319 e. The van der Waals surface area contributed by atoms with Gasteiger partial charge in [0.15, 0.2) is 0 Å². The van der Waals surface area contributed by atoms with Gasteiger partial charge in [-0.15, -0.1) is 0 Å². The minimum atomic E-state index is -0.628. The summed E-state index contributed by atoms with van der Waals surface area (Å²) in [5, 5.41) is 11.7. The number of nitriles is 1. The first-order chi connectivity index (χ1) is 10.9. The molecule has 0 atom stereocenters. The van der Waals surface area contributed by atoms with Crippen LogP contribution >= 0.6 is 0 Å². The number of nitrogens with zero attached hydrogens (tertiary/aromatic N) is 1. The van der Waals surface area contributed by atoms with Crippen LogP contribution < -0.4 is 5.32 Å². The van der Waals surface area contributed by atoms with Gasteiger partial charge in [-0.1, -0.05) is 29.8 Å². The first-order valence-electron chi connectivity index (χ1n) is 7.18. The molecule has 4 heteroatoms. The fraction of sp³-hybridized carbons (Fsp3) is 0.158. The molecule has 0 aliphatic carbocycles. The third kappa shape index (κ3) is 3.83. The summed E-state index contributed by atoms with van der Waals surface area (Å²) in [6.07, 6.45) is 1.54. The Balaban J connectivity index is 2.35. The quantitative estimate of drug-likeness (QED) is 0.679. The number of amides is 1. The number of benzene rings is 2. The number of hydrogen-bond acceptors (Lipinski definition) is 2. The Morgan fingerprint density at radius 1 is 1.17 bits per heavy atom. The van der Waals surface area contributed by atoms with Gasteiger partial charge >= 0.3 is 0 Å². The van der Waals surface area contributed by atoms with Crippen molar-refractivity contribution in [2.24, 2.45) is 0 Å². The zero-order valence-electron chi connectivity index (χ0n) is 13.3. The largest absolute Gasteiger partial charge is 0.319 e. The summed E-state index contributed by atoms with van der Waals surface area (Å²) in [6, 6.07) is 11.7. The number of aryl methyl sites for hydroxylation is 3. The first kappa shape index (κ1) is 16.4. The van der Waals surface area contributed by atoms with Crippen molar-refractivity contribution in [2.45, 2.75) is 20.8 Å². The molecule has 1 amide bonds. The molecule has 0 fully saturated rings. The van der Waals surface area contributed by atoms with Gasteiger partial charge < -0.3 is 5.32 Å². The highest BCUT2D eigenvalue weighted by Crippen LogP contribution is 2.20. The molecule has 1 N–H and O–H groups in total. The van der Waals surface area contributed by atoms with Crippen LogP contribution in [0.2, 0.25) is 0 Å². The summed E-state index contributed by atoms with van der Waals surface area (Å²) in [4.78, 5) is 12.2. The Morgan fingerprint density at radius 2 is 1.78 bits per heavy atom. The van der Waals surface area contributed by atoms with Gasteiger partial charge in [-0.25, -0.2) is 4.39 Å². The second-order valence-corrected chi connectivity index (χ2v) is 5.42. The summed E-state index contributed by atoms with van der Waals surface area (Å²) in [5.74, 6) is -1.17. The summed E-state index contributed by atoms with van der Waals surface area (Å²) < 4.78 is 13.6. The molecule has 0 aromatic heterocycles. The minimum absolute atomic E-state index is 0.0519. The van der Waals surface area contributed by atoms with Gasteiger partial charge in [0.25, 0.3) is 5.91 Å². The molecule has 0 unspecified atom stereocenters. The van der Waals surface area contributed by atoms with E-state index in [4.69, 9.17) is 0 Å². The lowest BCUT2D eigenvalue weighted by Crippen LogP contribution is -2.14. The van der Waals surface area contributed by atoms with Gasteiger partial charge in [-0.3, -0.25) is 4.79 Å². The number of carbonyl (C=O) groups excluding carboxylic acids is 1. The normalized spacial score (nSPS) is 11.0. The summed E-state index contributed by atoms with van der Waals surface area (Å²) in [7, 11) is 0. The molecule has 23 heavy (non-hydrogen) atoms. The lowest BCUT2D eigenvalue weighted by atomic mass is 9.98. The monoisotopic (exact) mass is 308 g/mol. The molecule has 0 aliphatic rings. The van der Waals surface area contributed by atoms with E-state index in [0.717, 1.165) is 22.3 Å². The molecular formula is C19H17FN2O. The van der Waals surface area contributed by atoms with Crippen LogP contribution in [0.1, 0.15) is 22.3 Å². The SMILES string of the molecule is Cc1cc(C)c(/C=C(/C#N)C(=O)Nc2ccccc2F)c(C)c1. The Labute approximate surface area is 135 Å². The Hall–Kier alpha value is -2.93. The van der Waals surface area contributed by atoms with Crippen molar-refractivity contribution in [3.8, 4) is 6.07 Å². The first-order valence-corrected chi connectivity index (χ1v) is 7.18. The highest BCUT2D eigenvalue weighted by Gasteiger charge is 2.13. The second-order valence-electron chi connectivity index (χ2n) is 5.42. The predicted octanol–water partition coefficient (Wildman–Crippen LogP) is 4.30. The molecule has 0 aliphatic heterocycles. The fourth-order valence-electron chi connectivity index (χ4n) is 2.46. The number of anilines is 1. The van der Waals surface area contributed by atoms with E-state index in [-0.39, 0.29) is 11.3 Å².